The van der Waals surface area contributed by atoms with Gasteiger partial charge < -0.3 is 10.2 Å². The van der Waals surface area contributed by atoms with E-state index in [1.54, 1.807) is 17.0 Å². The summed E-state index contributed by atoms with van der Waals surface area (Å²) in [4.78, 5) is 26.5. The molecule has 4 heteroatoms. The Labute approximate surface area is 123 Å². The van der Waals surface area contributed by atoms with Crippen LogP contribution in [0.3, 0.4) is 0 Å². The molecule has 1 atom stereocenters. The number of hydrogen-bond acceptors (Lipinski definition) is 2. The van der Waals surface area contributed by atoms with Crippen molar-refractivity contribution in [1.29, 1.82) is 0 Å². The molecule has 0 fully saturated rings. The van der Waals surface area contributed by atoms with Crippen LogP contribution in [-0.4, -0.2) is 18.4 Å². The van der Waals surface area contributed by atoms with Gasteiger partial charge in [-0.05, 0) is 24.3 Å². The number of hydrogen-bond donors (Lipinski definition) is 1. The lowest BCUT2D eigenvalue weighted by Gasteiger charge is -2.23. The lowest BCUT2D eigenvalue weighted by Crippen LogP contribution is -2.35. The minimum absolute atomic E-state index is 0.0641. The number of anilines is 2. The molecule has 1 aliphatic rings. The van der Waals surface area contributed by atoms with Crippen molar-refractivity contribution in [3.8, 4) is 0 Å². The van der Waals surface area contributed by atoms with Crippen molar-refractivity contribution >= 4 is 23.2 Å². The maximum atomic E-state index is 12.8. The topological polar surface area (TPSA) is 49.4 Å². The molecule has 0 radical (unpaired) electrons. The van der Waals surface area contributed by atoms with Gasteiger partial charge in [-0.1, -0.05) is 37.3 Å². The average molecular weight is 280 g/mol. The standard InChI is InChI=1S/C17H16N2O2/c1-12-11-19(17(21)13-7-3-2-4-8-13)15-10-6-5-9-14(15)18-16(12)20/h2-10,12H,11H2,1H3,(H,18,20)/t12-/m1/s1. The summed E-state index contributed by atoms with van der Waals surface area (Å²) in [6.45, 7) is 2.20. The number of rotatable bonds is 1. The van der Waals surface area contributed by atoms with E-state index in [1.807, 2.05) is 49.4 Å². The van der Waals surface area contributed by atoms with Crippen LogP contribution in [0.1, 0.15) is 17.3 Å². The highest BCUT2D eigenvalue weighted by Gasteiger charge is 2.28. The summed E-state index contributed by atoms with van der Waals surface area (Å²) >= 11 is 0. The second kappa shape index (κ2) is 5.40. The minimum Gasteiger partial charge on any atom is -0.324 e. The van der Waals surface area contributed by atoms with Crippen LogP contribution in [-0.2, 0) is 4.79 Å². The normalized spacial score (nSPS) is 17.7. The second-order valence-electron chi connectivity index (χ2n) is 5.19. The van der Waals surface area contributed by atoms with E-state index in [9.17, 15) is 9.59 Å². The molecule has 1 aliphatic heterocycles. The highest BCUT2D eigenvalue weighted by Crippen LogP contribution is 2.30. The Morgan fingerprint density at radius 2 is 1.76 bits per heavy atom. The van der Waals surface area contributed by atoms with Crippen LogP contribution < -0.4 is 10.2 Å². The number of nitrogens with one attached hydrogen (secondary N) is 1. The Kier molecular flexibility index (Phi) is 3.44. The monoisotopic (exact) mass is 280 g/mol. The first-order valence-electron chi connectivity index (χ1n) is 6.93. The van der Waals surface area contributed by atoms with Crippen LogP contribution in [0.4, 0.5) is 11.4 Å². The summed E-state index contributed by atoms with van der Waals surface area (Å²) in [6.07, 6.45) is 0. The first-order chi connectivity index (χ1) is 10.2. The summed E-state index contributed by atoms with van der Waals surface area (Å²) in [6, 6.07) is 16.5. The molecule has 0 unspecified atom stereocenters. The van der Waals surface area contributed by atoms with Gasteiger partial charge in [-0.15, -0.1) is 0 Å². The molecule has 2 aromatic carbocycles. The van der Waals surface area contributed by atoms with Crippen molar-refractivity contribution in [3.63, 3.8) is 0 Å². The lowest BCUT2D eigenvalue weighted by molar-refractivity contribution is -0.119. The van der Waals surface area contributed by atoms with Gasteiger partial charge in [0.15, 0.2) is 0 Å². The van der Waals surface area contributed by atoms with Crippen molar-refractivity contribution in [1.82, 2.24) is 0 Å². The van der Waals surface area contributed by atoms with Crippen molar-refractivity contribution in [2.45, 2.75) is 6.92 Å². The number of para-hydroxylation sites is 2. The second-order valence-corrected chi connectivity index (χ2v) is 5.19. The van der Waals surface area contributed by atoms with E-state index in [1.165, 1.54) is 0 Å². The molecule has 1 heterocycles. The summed E-state index contributed by atoms with van der Waals surface area (Å²) in [5, 5.41) is 2.88. The van der Waals surface area contributed by atoms with E-state index >= 15 is 0 Å². The molecule has 0 saturated carbocycles. The van der Waals surface area contributed by atoms with E-state index in [4.69, 9.17) is 0 Å². The van der Waals surface area contributed by atoms with Crippen LogP contribution in [0.2, 0.25) is 0 Å². The quantitative estimate of drug-likeness (QED) is 0.873. The largest absolute Gasteiger partial charge is 0.324 e. The Morgan fingerprint density at radius 1 is 1.10 bits per heavy atom. The number of carbonyl (C=O) groups is 2. The number of nitrogens with zero attached hydrogens (tertiary/aromatic N) is 1. The van der Waals surface area contributed by atoms with Crippen LogP contribution in [0.15, 0.2) is 54.6 Å². The molecule has 0 spiro atoms. The van der Waals surface area contributed by atoms with Gasteiger partial charge in [0.25, 0.3) is 5.91 Å². The minimum atomic E-state index is -0.259. The average Bonchev–Trinajstić information content (AvgIpc) is 2.65. The summed E-state index contributed by atoms with van der Waals surface area (Å²) in [5.74, 6) is -0.415. The Morgan fingerprint density at radius 3 is 2.52 bits per heavy atom. The molecule has 2 aromatic rings. The predicted octanol–water partition coefficient (Wildman–Crippen LogP) is 2.92. The number of fused-ring (bicyclic) bond motifs is 1. The highest BCUT2D eigenvalue weighted by atomic mass is 16.2. The van der Waals surface area contributed by atoms with Gasteiger partial charge in [0.05, 0.1) is 17.3 Å². The fraction of sp³-hybridized carbons (Fsp3) is 0.176. The predicted molar refractivity (Wildman–Crippen MR) is 82.4 cm³/mol. The third-order valence-corrected chi connectivity index (χ3v) is 3.62. The van der Waals surface area contributed by atoms with Gasteiger partial charge in [-0.3, -0.25) is 9.59 Å². The number of benzene rings is 2. The SMILES string of the molecule is C[C@@H]1CN(C(=O)c2ccccc2)c2ccccc2NC1=O. The smallest absolute Gasteiger partial charge is 0.258 e. The van der Waals surface area contributed by atoms with Gasteiger partial charge in [0, 0.05) is 12.1 Å². The zero-order valence-electron chi connectivity index (χ0n) is 11.7. The first kappa shape index (κ1) is 13.4. The highest BCUT2D eigenvalue weighted by molar-refractivity contribution is 6.10. The van der Waals surface area contributed by atoms with E-state index in [-0.39, 0.29) is 17.7 Å². The van der Waals surface area contributed by atoms with Gasteiger partial charge in [0.1, 0.15) is 0 Å². The van der Waals surface area contributed by atoms with Crippen molar-refractivity contribution in [3.05, 3.63) is 60.2 Å². The van der Waals surface area contributed by atoms with Crippen LogP contribution in [0.25, 0.3) is 0 Å². The van der Waals surface area contributed by atoms with Crippen molar-refractivity contribution in [2.75, 3.05) is 16.8 Å². The first-order valence-corrected chi connectivity index (χ1v) is 6.93. The molecule has 106 valence electrons. The molecule has 2 amide bonds. The summed E-state index contributed by atoms with van der Waals surface area (Å²) < 4.78 is 0. The summed E-state index contributed by atoms with van der Waals surface area (Å²) in [5.41, 5.74) is 2.04. The third-order valence-electron chi connectivity index (χ3n) is 3.62. The van der Waals surface area contributed by atoms with Crippen LogP contribution >= 0.6 is 0 Å². The van der Waals surface area contributed by atoms with E-state index < -0.39 is 0 Å². The fourth-order valence-electron chi connectivity index (χ4n) is 2.45. The molecule has 1 N–H and O–H groups in total. The lowest BCUT2D eigenvalue weighted by atomic mass is 10.1. The number of amides is 2. The molecular formula is C17H16N2O2. The fourth-order valence-corrected chi connectivity index (χ4v) is 2.45. The van der Waals surface area contributed by atoms with E-state index in [2.05, 4.69) is 5.32 Å². The Bertz CT molecular complexity index is 682. The molecule has 3 rings (SSSR count). The van der Waals surface area contributed by atoms with Crippen LogP contribution in [0.5, 0.6) is 0 Å². The van der Waals surface area contributed by atoms with Gasteiger partial charge >= 0.3 is 0 Å². The maximum absolute atomic E-state index is 12.8. The van der Waals surface area contributed by atoms with Crippen molar-refractivity contribution in [2.24, 2.45) is 5.92 Å². The molecule has 0 saturated heterocycles. The molecule has 4 nitrogen and oxygen atoms in total. The van der Waals surface area contributed by atoms with Gasteiger partial charge in [0.2, 0.25) is 5.91 Å². The molecule has 21 heavy (non-hydrogen) atoms. The van der Waals surface area contributed by atoms with Crippen LogP contribution in [0, 0.1) is 5.92 Å². The zero-order chi connectivity index (χ0) is 14.8. The van der Waals surface area contributed by atoms with E-state index in [0.29, 0.717) is 17.8 Å². The maximum Gasteiger partial charge on any atom is 0.258 e. The van der Waals surface area contributed by atoms with E-state index in [0.717, 1.165) is 5.69 Å². The molecular weight excluding hydrogens is 264 g/mol. The van der Waals surface area contributed by atoms with Crippen molar-refractivity contribution < 1.29 is 9.59 Å². The molecule has 0 bridgehead atoms. The molecule has 0 aromatic heterocycles. The Hall–Kier alpha value is -2.62. The summed E-state index contributed by atoms with van der Waals surface area (Å²) in [7, 11) is 0. The number of carbonyl (C=O) groups excluding carboxylic acids is 2. The zero-order valence-corrected chi connectivity index (χ0v) is 11.7. The molecule has 0 aliphatic carbocycles. The Balaban J connectivity index is 2.04. The van der Waals surface area contributed by atoms with Gasteiger partial charge in [-0.25, -0.2) is 0 Å². The third kappa shape index (κ3) is 2.52. The van der Waals surface area contributed by atoms with Gasteiger partial charge in [-0.2, -0.15) is 0 Å².